The molecule has 0 spiro atoms. The van der Waals surface area contributed by atoms with Gasteiger partial charge < -0.3 is 0 Å². The first-order valence-electron chi connectivity index (χ1n) is 8.56. The molecule has 4 heterocycles. The van der Waals surface area contributed by atoms with Crippen LogP contribution in [0.2, 0.25) is 0 Å². The SMILES string of the molecule is Cc1sc2ncn3nc(Cn4nc(C(F)(F)F)cc4C4CC4)nc3c2c1C. The van der Waals surface area contributed by atoms with Crippen LogP contribution < -0.4 is 0 Å². The quantitative estimate of drug-likeness (QED) is 0.527. The lowest BCUT2D eigenvalue weighted by Gasteiger charge is -2.03. The summed E-state index contributed by atoms with van der Waals surface area (Å²) in [7, 11) is 0. The van der Waals surface area contributed by atoms with Crippen LogP contribution in [0.3, 0.4) is 0 Å². The van der Waals surface area contributed by atoms with Gasteiger partial charge in [-0.3, -0.25) is 4.68 Å². The zero-order valence-corrected chi connectivity index (χ0v) is 15.4. The van der Waals surface area contributed by atoms with Crippen molar-refractivity contribution in [3.05, 3.63) is 40.0 Å². The first kappa shape index (κ1) is 16.7. The highest BCUT2D eigenvalue weighted by atomic mass is 32.1. The van der Waals surface area contributed by atoms with Crippen molar-refractivity contribution in [3.63, 3.8) is 0 Å². The Morgan fingerprint density at radius 1 is 1.22 bits per heavy atom. The highest BCUT2D eigenvalue weighted by Crippen LogP contribution is 2.42. The van der Waals surface area contributed by atoms with Crippen LogP contribution in [0, 0.1) is 13.8 Å². The minimum atomic E-state index is -4.46. The molecule has 5 rings (SSSR count). The summed E-state index contributed by atoms with van der Waals surface area (Å²) in [6, 6.07) is 1.15. The molecule has 0 amide bonds. The number of aromatic nitrogens is 6. The van der Waals surface area contributed by atoms with Crippen molar-refractivity contribution < 1.29 is 13.2 Å². The Hall–Kier alpha value is -2.49. The Kier molecular flexibility index (Phi) is 3.40. The van der Waals surface area contributed by atoms with E-state index in [4.69, 9.17) is 0 Å². The third kappa shape index (κ3) is 2.70. The van der Waals surface area contributed by atoms with Gasteiger partial charge in [-0.05, 0) is 38.3 Å². The van der Waals surface area contributed by atoms with Crippen LogP contribution in [-0.2, 0) is 12.7 Å². The summed E-state index contributed by atoms with van der Waals surface area (Å²) in [6.07, 6.45) is -1.09. The zero-order chi connectivity index (χ0) is 18.9. The van der Waals surface area contributed by atoms with E-state index >= 15 is 0 Å². The van der Waals surface area contributed by atoms with Crippen molar-refractivity contribution in [2.75, 3.05) is 0 Å². The minimum absolute atomic E-state index is 0.104. The van der Waals surface area contributed by atoms with Crippen molar-refractivity contribution in [3.8, 4) is 0 Å². The molecule has 0 unspecified atom stereocenters. The molecular formula is C17H15F3N6S. The van der Waals surface area contributed by atoms with Crippen LogP contribution >= 0.6 is 11.3 Å². The molecule has 140 valence electrons. The van der Waals surface area contributed by atoms with Gasteiger partial charge in [-0.25, -0.2) is 14.5 Å². The Bertz CT molecular complexity index is 1180. The largest absolute Gasteiger partial charge is 0.435 e. The van der Waals surface area contributed by atoms with E-state index in [-0.39, 0.29) is 12.5 Å². The van der Waals surface area contributed by atoms with Gasteiger partial charge in [-0.15, -0.1) is 16.4 Å². The van der Waals surface area contributed by atoms with Gasteiger partial charge in [-0.1, -0.05) is 0 Å². The molecule has 1 aliphatic rings. The Labute approximate surface area is 155 Å². The van der Waals surface area contributed by atoms with Crippen LogP contribution in [-0.4, -0.2) is 29.4 Å². The first-order chi connectivity index (χ1) is 12.8. The van der Waals surface area contributed by atoms with Crippen LogP contribution in [0.5, 0.6) is 0 Å². The molecule has 0 N–H and O–H groups in total. The first-order valence-corrected chi connectivity index (χ1v) is 9.38. The number of aryl methyl sites for hydroxylation is 2. The second-order valence-electron chi connectivity index (χ2n) is 6.89. The van der Waals surface area contributed by atoms with Gasteiger partial charge in [0.25, 0.3) is 0 Å². The number of nitrogens with zero attached hydrogens (tertiary/aromatic N) is 6. The fourth-order valence-electron chi connectivity index (χ4n) is 3.29. The molecule has 0 aliphatic heterocycles. The van der Waals surface area contributed by atoms with Crippen molar-refractivity contribution in [1.29, 1.82) is 0 Å². The molecule has 0 aromatic carbocycles. The molecule has 4 aromatic heterocycles. The third-order valence-electron chi connectivity index (χ3n) is 4.94. The number of rotatable bonds is 3. The molecule has 6 nitrogen and oxygen atoms in total. The van der Waals surface area contributed by atoms with E-state index in [0.717, 1.165) is 39.6 Å². The molecule has 1 saturated carbocycles. The summed E-state index contributed by atoms with van der Waals surface area (Å²) in [5, 5.41) is 9.13. The number of alkyl halides is 3. The smallest absolute Gasteiger partial charge is 0.261 e. The maximum atomic E-state index is 13.1. The maximum absolute atomic E-state index is 13.1. The lowest BCUT2D eigenvalue weighted by Crippen LogP contribution is -2.10. The molecule has 1 aliphatic carbocycles. The number of halogens is 3. The molecule has 10 heteroatoms. The fraction of sp³-hybridized carbons (Fsp3) is 0.412. The molecule has 27 heavy (non-hydrogen) atoms. The normalized spacial score (nSPS) is 15.3. The second kappa shape index (κ2) is 5.51. The molecule has 0 radical (unpaired) electrons. The fourth-order valence-corrected chi connectivity index (χ4v) is 4.29. The lowest BCUT2D eigenvalue weighted by molar-refractivity contribution is -0.141. The van der Waals surface area contributed by atoms with Gasteiger partial charge >= 0.3 is 6.18 Å². The molecule has 0 atom stereocenters. The Morgan fingerprint density at radius 2 is 2.00 bits per heavy atom. The standard InChI is InChI=1S/C17H15F3N6S/c1-8-9(2)27-16-14(8)15-22-13(24-26(15)7-21-16)6-25-11(10-3-4-10)5-12(23-25)17(18,19)20/h5,7,10H,3-4,6H2,1-2H3. The molecule has 1 fully saturated rings. The summed E-state index contributed by atoms with van der Waals surface area (Å²) in [5.41, 5.74) is 1.52. The van der Waals surface area contributed by atoms with Gasteiger partial charge in [0.05, 0.1) is 5.39 Å². The average Bonchev–Trinajstić information content (AvgIpc) is 3.10. The monoisotopic (exact) mass is 392 g/mol. The summed E-state index contributed by atoms with van der Waals surface area (Å²) in [4.78, 5) is 11.0. The number of thiophene rings is 1. The van der Waals surface area contributed by atoms with Crippen LogP contribution in [0.1, 0.15) is 46.4 Å². The molecule has 4 aromatic rings. The lowest BCUT2D eigenvalue weighted by atomic mass is 10.2. The summed E-state index contributed by atoms with van der Waals surface area (Å²) in [5.74, 6) is 0.562. The van der Waals surface area contributed by atoms with E-state index in [0.29, 0.717) is 17.2 Å². The van der Waals surface area contributed by atoms with Crippen LogP contribution in [0.15, 0.2) is 12.4 Å². The van der Waals surface area contributed by atoms with Gasteiger partial charge in [0.15, 0.2) is 17.2 Å². The topological polar surface area (TPSA) is 60.9 Å². The van der Waals surface area contributed by atoms with Crippen molar-refractivity contribution in [1.82, 2.24) is 29.4 Å². The highest BCUT2D eigenvalue weighted by molar-refractivity contribution is 7.18. The summed E-state index contributed by atoms with van der Waals surface area (Å²) >= 11 is 1.59. The number of hydrogen-bond acceptors (Lipinski definition) is 5. The van der Waals surface area contributed by atoms with Crippen molar-refractivity contribution in [2.45, 2.75) is 45.3 Å². The summed E-state index contributed by atoms with van der Waals surface area (Å²) in [6.45, 7) is 4.14. The van der Waals surface area contributed by atoms with E-state index in [1.165, 1.54) is 4.68 Å². The van der Waals surface area contributed by atoms with Crippen molar-refractivity contribution >= 4 is 27.2 Å². The molecule has 0 bridgehead atoms. The van der Waals surface area contributed by atoms with Crippen LogP contribution in [0.4, 0.5) is 13.2 Å². The van der Waals surface area contributed by atoms with Crippen LogP contribution in [0.25, 0.3) is 15.9 Å². The van der Waals surface area contributed by atoms with Gasteiger partial charge in [-0.2, -0.15) is 18.3 Å². The minimum Gasteiger partial charge on any atom is -0.261 e. The van der Waals surface area contributed by atoms with Gasteiger partial charge in [0.2, 0.25) is 0 Å². The average molecular weight is 392 g/mol. The van der Waals surface area contributed by atoms with Gasteiger partial charge in [0, 0.05) is 16.5 Å². The van der Waals surface area contributed by atoms with E-state index in [9.17, 15) is 13.2 Å². The Balaban J connectivity index is 1.59. The second-order valence-corrected chi connectivity index (χ2v) is 8.09. The Morgan fingerprint density at radius 3 is 2.70 bits per heavy atom. The zero-order valence-electron chi connectivity index (χ0n) is 14.6. The number of hydrogen-bond donors (Lipinski definition) is 0. The van der Waals surface area contributed by atoms with Gasteiger partial charge in [0.1, 0.15) is 17.7 Å². The molecular weight excluding hydrogens is 377 g/mol. The number of fused-ring (bicyclic) bond motifs is 3. The third-order valence-corrected chi connectivity index (χ3v) is 6.05. The van der Waals surface area contributed by atoms with E-state index < -0.39 is 11.9 Å². The van der Waals surface area contributed by atoms with Crippen molar-refractivity contribution in [2.24, 2.45) is 0 Å². The predicted molar refractivity (Wildman–Crippen MR) is 93.9 cm³/mol. The predicted octanol–water partition coefficient (Wildman–Crippen LogP) is 4.10. The summed E-state index contributed by atoms with van der Waals surface area (Å²) < 4.78 is 42.2. The molecule has 0 saturated heterocycles. The van der Waals surface area contributed by atoms with E-state index in [1.54, 1.807) is 22.2 Å². The highest BCUT2D eigenvalue weighted by Gasteiger charge is 2.38. The maximum Gasteiger partial charge on any atom is 0.435 e. The van der Waals surface area contributed by atoms with E-state index in [2.05, 4.69) is 20.2 Å². The van der Waals surface area contributed by atoms with E-state index in [1.807, 2.05) is 13.8 Å².